The average molecular weight is 837 g/mol. The lowest BCUT2D eigenvalue weighted by Crippen LogP contribution is -2.73. The first kappa shape index (κ1) is 37.2. The Morgan fingerprint density at radius 3 is 1.11 bits per heavy atom. The molecule has 4 heterocycles. The quantitative estimate of drug-likeness (QED) is 0.141. The van der Waals surface area contributed by atoms with E-state index >= 15 is 0 Å². The van der Waals surface area contributed by atoms with Gasteiger partial charge in [-0.3, -0.25) is 4.57 Å². The molecule has 8 aromatic carbocycles. The molecule has 64 heavy (non-hydrogen) atoms. The lowest BCUT2D eigenvalue weighted by atomic mass is 10.1. The minimum Gasteiger partial charge on any atom is -0.299 e. The molecule has 9 heteroatoms. The predicted molar refractivity (Wildman–Crippen MR) is 258 cm³/mol. The molecule has 0 spiro atoms. The number of nitrogens with zero attached hydrogens (tertiary/aromatic N) is 8. The maximum atomic E-state index is 5.58. The van der Waals surface area contributed by atoms with Gasteiger partial charge in [0.05, 0.1) is 11.0 Å². The summed E-state index contributed by atoms with van der Waals surface area (Å²) in [7, 11) is -3.24. The van der Waals surface area contributed by atoms with Crippen LogP contribution in [0.5, 0.6) is 0 Å². The van der Waals surface area contributed by atoms with Crippen molar-refractivity contribution in [2.75, 3.05) is 0 Å². The molecule has 0 atom stereocenters. The summed E-state index contributed by atoms with van der Waals surface area (Å²) in [5.41, 5.74) is 9.64. The summed E-state index contributed by atoms with van der Waals surface area (Å²) < 4.78 is 2.38. The number of hydrogen-bond donors (Lipinski definition) is 0. The molecule has 0 saturated heterocycles. The second-order valence-corrected chi connectivity index (χ2v) is 19.4. The van der Waals surface area contributed by atoms with E-state index in [1.165, 1.54) is 5.19 Å². The normalized spacial score (nSPS) is 12.5. The van der Waals surface area contributed by atoms with E-state index in [1.807, 2.05) is 121 Å². The molecule has 8 nitrogen and oxygen atoms in total. The molecule has 300 valence electrons. The first-order valence-corrected chi connectivity index (χ1v) is 23.2. The number of aromatic nitrogens is 8. The van der Waals surface area contributed by atoms with Gasteiger partial charge in [-0.05, 0) is 33.8 Å². The minimum atomic E-state index is -3.24. The zero-order valence-corrected chi connectivity index (χ0v) is 35.4. The lowest BCUT2D eigenvalue weighted by molar-refractivity contribution is 1.07. The topological polar surface area (TPSA) is 95.2 Å². The summed E-state index contributed by atoms with van der Waals surface area (Å²) in [6, 6.07) is 75.2. The SMILES string of the molecule is c1ccc(-c2nc(-c3ccccc3)nc(-c3cccc([Si]4(c5cccc(-c6nc(-c7ccccc7)nc(-c7ccccc7)n6)c5)c5ccccc5-n5c4nc4ccccc45)c3)n2)cc1. The Labute approximate surface area is 370 Å². The van der Waals surface area contributed by atoms with Crippen molar-refractivity contribution in [1.29, 1.82) is 0 Å². The summed E-state index contributed by atoms with van der Waals surface area (Å²) in [6.45, 7) is 0. The number of para-hydroxylation sites is 3. The molecule has 3 aromatic heterocycles. The fraction of sp³-hybridized carbons (Fsp3) is 0. The highest BCUT2D eigenvalue weighted by Crippen LogP contribution is 2.30. The summed E-state index contributed by atoms with van der Waals surface area (Å²) in [4.78, 5) is 36.2. The molecule has 12 rings (SSSR count). The third kappa shape index (κ3) is 6.25. The van der Waals surface area contributed by atoms with Gasteiger partial charge in [-0.15, -0.1) is 0 Å². The van der Waals surface area contributed by atoms with E-state index in [2.05, 4.69) is 102 Å². The van der Waals surface area contributed by atoms with Crippen molar-refractivity contribution >= 4 is 40.1 Å². The van der Waals surface area contributed by atoms with Gasteiger partial charge in [-0.1, -0.05) is 200 Å². The van der Waals surface area contributed by atoms with Crippen molar-refractivity contribution in [1.82, 2.24) is 39.5 Å². The van der Waals surface area contributed by atoms with Gasteiger partial charge < -0.3 is 0 Å². The van der Waals surface area contributed by atoms with Gasteiger partial charge in [0.15, 0.2) is 34.9 Å². The maximum Gasteiger partial charge on any atom is 0.226 e. The van der Waals surface area contributed by atoms with Crippen LogP contribution < -0.4 is 21.0 Å². The molecule has 1 aliphatic rings. The lowest BCUT2D eigenvalue weighted by Gasteiger charge is -2.29. The average Bonchev–Trinajstić information content (AvgIpc) is 3.91. The summed E-state index contributed by atoms with van der Waals surface area (Å²) in [6.07, 6.45) is 0. The Kier molecular flexibility index (Phi) is 8.98. The van der Waals surface area contributed by atoms with Crippen molar-refractivity contribution in [3.8, 4) is 74.0 Å². The van der Waals surface area contributed by atoms with Crippen molar-refractivity contribution in [2.24, 2.45) is 0 Å². The van der Waals surface area contributed by atoms with Crippen molar-refractivity contribution in [3.63, 3.8) is 0 Å². The van der Waals surface area contributed by atoms with Crippen LogP contribution >= 0.6 is 0 Å². The number of rotatable bonds is 8. The zero-order chi connectivity index (χ0) is 42.5. The van der Waals surface area contributed by atoms with Gasteiger partial charge in [0.2, 0.25) is 8.07 Å². The van der Waals surface area contributed by atoms with Crippen LogP contribution in [0, 0.1) is 0 Å². The Morgan fingerprint density at radius 1 is 0.297 bits per heavy atom. The molecule has 1 aliphatic heterocycles. The van der Waals surface area contributed by atoms with E-state index in [4.69, 9.17) is 34.9 Å². The molecule has 0 fully saturated rings. The van der Waals surface area contributed by atoms with E-state index in [1.54, 1.807) is 0 Å². The molecule has 0 radical (unpaired) electrons. The first-order chi connectivity index (χ1) is 31.7. The highest BCUT2D eigenvalue weighted by Gasteiger charge is 2.52. The van der Waals surface area contributed by atoms with Crippen molar-refractivity contribution in [3.05, 3.63) is 218 Å². The highest BCUT2D eigenvalue weighted by atomic mass is 28.3. The van der Waals surface area contributed by atoms with Gasteiger partial charge in [0, 0.05) is 39.1 Å². The van der Waals surface area contributed by atoms with Crippen LogP contribution in [0.15, 0.2) is 218 Å². The largest absolute Gasteiger partial charge is 0.299 e. The Hall–Kier alpha value is -8.53. The third-order valence-electron chi connectivity index (χ3n) is 12.0. The molecule has 0 aliphatic carbocycles. The number of hydrogen-bond acceptors (Lipinski definition) is 7. The Morgan fingerprint density at radius 2 is 0.656 bits per heavy atom. The summed E-state index contributed by atoms with van der Waals surface area (Å²) in [5.74, 6) is 3.65. The van der Waals surface area contributed by atoms with E-state index in [-0.39, 0.29) is 0 Å². The predicted octanol–water partition coefficient (Wildman–Crippen LogP) is 9.09. The zero-order valence-electron chi connectivity index (χ0n) is 34.4. The number of fused-ring (bicyclic) bond motifs is 5. The molecule has 11 aromatic rings. The molecule has 0 N–H and O–H groups in total. The van der Waals surface area contributed by atoms with Crippen molar-refractivity contribution < 1.29 is 0 Å². The molecule has 0 saturated carbocycles. The van der Waals surface area contributed by atoms with E-state index in [9.17, 15) is 0 Å². The molecular formula is C55H36N8Si. The second kappa shape index (κ2) is 15.4. The molecular weight excluding hydrogens is 801 g/mol. The van der Waals surface area contributed by atoms with Gasteiger partial charge in [0.25, 0.3) is 0 Å². The molecule has 0 bridgehead atoms. The van der Waals surface area contributed by atoms with Crippen LogP contribution in [0.1, 0.15) is 0 Å². The highest BCUT2D eigenvalue weighted by molar-refractivity contribution is 7.20. The van der Waals surface area contributed by atoms with E-state index < -0.39 is 8.07 Å². The first-order valence-electron chi connectivity index (χ1n) is 21.2. The fourth-order valence-corrected chi connectivity index (χ4v) is 14.0. The van der Waals surface area contributed by atoms with Crippen LogP contribution in [0.3, 0.4) is 0 Å². The summed E-state index contributed by atoms with van der Waals surface area (Å²) >= 11 is 0. The van der Waals surface area contributed by atoms with Crippen LogP contribution in [0.2, 0.25) is 0 Å². The standard InChI is InChI=1S/C55H36N8Si/c1-5-19-37(20-6-1)49-57-50(38-21-7-2-8-22-38)60-53(59-49)41-27-17-29-43(35-41)64(48-34-16-15-33-47(48)63-46-32-14-13-31-45(46)56-55(63)64)44-30-18-28-42(36-44)54-61-51(39-23-9-3-10-24-39)58-52(62-54)40-25-11-4-12-26-40/h1-36H. The smallest absolute Gasteiger partial charge is 0.226 e. The van der Waals surface area contributed by atoms with Crippen LogP contribution in [-0.2, 0) is 0 Å². The third-order valence-corrected chi connectivity index (χ3v) is 16.5. The fourth-order valence-electron chi connectivity index (χ4n) is 9.02. The van der Waals surface area contributed by atoms with Gasteiger partial charge >= 0.3 is 0 Å². The van der Waals surface area contributed by atoms with Crippen LogP contribution in [0.25, 0.3) is 85.0 Å². The van der Waals surface area contributed by atoms with Crippen molar-refractivity contribution in [2.45, 2.75) is 0 Å². The monoisotopic (exact) mass is 836 g/mol. The van der Waals surface area contributed by atoms with Gasteiger partial charge in [0.1, 0.15) is 5.45 Å². The summed E-state index contributed by atoms with van der Waals surface area (Å²) in [5, 5.41) is 3.54. The van der Waals surface area contributed by atoms with E-state index in [0.717, 1.165) is 65.9 Å². The van der Waals surface area contributed by atoms with Crippen LogP contribution in [0.4, 0.5) is 0 Å². The molecule has 0 amide bonds. The Bertz CT molecular complexity index is 3220. The maximum absolute atomic E-state index is 5.58. The number of benzene rings is 8. The minimum absolute atomic E-state index is 0.597. The van der Waals surface area contributed by atoms with Gasteiger partial charge in [-0.25, -0.2) is 34.9 Å². The number of imidazole rings is 1. The van der Waals surface area contributed by atoms with Gasteiger partial charge in [-0.2, -0.15) is 0 Å². The Balaban J connectivity index is 1.10. The van der Waals surface area contributed by atoms with Crippen LogP contribution in [-0.4, -0.2) is 47.5 Å². The van der Waals surface area contributed by atoms with E-state index in [0.29, 0.717) is 34.9 Å². The molecule has 0 unspecified atom stereocenters. The second-order valence-electron chi connectivity index (χ2n) is 15.8.